The highest BCUT2D eigenvalue weighted by Gasteiger charge is 2.36. The van der Waals surface area contributed by atoms with Crippen LogP contribution in [0.1, 0.15) is 6.42 Å². The maximum Gasteiger partial charge on any atom is 0.304 e. The van der Waals surface area contributed by atoms with Gasteiger partial charge in [-0.25, -0.2) is 0 Å². The van der Waals surface area contributed by atoms with Crippen molar-refractivity contribution in [2.45, 2.75) is 6.42 Å². The van der Waals surface area contributed by atoms with Gasteiger partial charge in [-0.1, -0.05) is 23.7 Å². The number of para-hydroxylation sites is 1. The largest absolute Gasteiger partial charge is 0.396 e. The van der Waals surface area contributed by atoms with Crippen molar-refractivity contribution in [3.05, 3.63) is 29.3 Å². The number of aliphatic hydroxyl groups is 1. The van der Waals surface area contributed by atoms with E-state index in [0.29, 0.717) is 36.8 Å². The van der Waals surface area contributed by atoms with E-state index in [1.54, 1.807) is 24.3 Å². The summed E-state index contributed by atoms with van der Waals surface area (Å²) in [5, 5.41) is 9.19. The van der Waals surface area contributed by atoms with Gasteiger partial charge in [-0.3, -0.25) is 4.31 Å². The molecular formula is C11H15ClN2O3S. The van der Waals surface area contributed by atoms with Gasteiger partial charge in [0.05, 0.1) is 10.7 Å². The molecule has 1 aliphatic heterocycles. The summed E-state index contributed by atoms with van der Waals surface area (Å²) < 4.78 is 27.2. The van der Waals surface area contributed by atoms with Gasteiger partial charge in [0.2, 0.25) is 0 Å². The lowest BCUT2D eigenvalue weighted by Crippen LogP contribution is -2.34. The summed E-state index contributed by atoms with van der Waals surface area (Å²) in [5.41, 5.74) is 0.505. The molecule has 1 heterocycles. The number of rotatable bonds is 4. The Balaban J connectivity index is 2.25. The molecule has 18 heavy (non-hydrogen) atoms. The van der Waals surface area contributed by atoms with Gasteiger partial charge in [-0.05, 0) is 18.6 Å². The molecule has 1 N–H and O–H groups in total. The lowest BCUT2D eigenvalue weighted by Gasteiger charge is -2.20. The molecule has 0 radical (unpaired) electrons. The molecule has 0 atom stereocenters. The van der Waals surface area contributed by atoms with E-state index in [2.05, 4.69) is 0 Å². The van der Waals surface area contributed by atoms with Gasteiger partial charge in [0.15, 0.2) is 0 Å². The molecule has 1 aromatic rings. The molecule has 0 aromatic heterocycles. The molecule has 0 saturated carbocycles. The zero-order valence-electron chi connectivity index (χ0n) is 9.79. The van der Waals surface area contributed by atoms with Crippen LogP contribution in [0.4, 0.5) is 5.69 Å². The zero-order valence-corrected chi connectivity index (χ0v) is 11.4. The maximum absolute atomic E-state index is 12.3. The molecule has 0 aliphatic carbocycles. The summed E-state index contributed by atoms with van der Waals surface area (Å²) in [6, 6.07) is 6.88. The fourth-order valence-corrected chi connectivity index (χ4v) is 3.90. The minimum absolute atomic E-state index is 0.0158. The molecule has 0 spiro atoms. The second-order valence-electron chi connectivity index (χ2n) is 4.01. The van der Waals surface area contributed by atoms with E-state index in [4.69, 9.17) is 16.7 Å². The molecule has 1 aromatic carbocycles. The second kappa shape index (κ2) is 5.44. The fraction of sp³-hybridized carbons (Fsp3) is 0.455. The Morgan fingerprint density at radius 3 is 2.67 bits per heavy atom. The summed E-state index contributed by atoms with van der Waals surface area (Å²) >= 11 is 6.02. The van der Waals surface area contributed by atoms with Gasteiger partial charge in [0.1, 0.15) is 0 Å². The number of halogens is 1. The Labute approximate surface area is 112 Å². The van der Waals surface area contributed by atoms with E-state index in [1.165, 1.54) is 8.61 Å². The van der Waals surface area contributed by atoms with E-state index in [1.807, 2.05) is 0 Å². The van der Waals surface area contributed by atoms with E-state index >= 15 is 0 Å². The van der Waals surface area contributed by atoms with Crippen molar-refractivity contribution in [1.82, 2.24) is 4.31 Å². The van der Waals surface area contributed by atoms with E-state index in [-0.39, 0.29) is 6.61 Å². The van der Waals surface area contributed by atoms with Crippen LogP contribution in [-0.2, 0) is 10.2 Å². The predicted molar refractivity (Wildman–Crippen MR) is 71.0 cm³/mol. The Bertz CT molecular complexity index is 521. The molecule has 1 saturated heterocycles. The number of benzene rings is 1. The van der Waals surface area contributed by atoms with Crippen LogP contribution in [-0.4, -0.2) is 44.1 Å². The number of hydrogen-bond acceptors (Lipinski definition) is 3. The van der Waals surface area contributed by atoms with Crippen LogP contribution in [0.3, 0.4) is 0 Å². The topological polar surface area (TPSA) is 60.9 Å². The third-order valence-corrected chi connectivity index (χ3v) is 5.12. The van der Waals surface area contributed by atoms with Gasteiger partial charge < -0.3 is 5.11 Å². The smallest absolute Gasteiger partial charge is 0.304 e. The zero-order chi connectivity index (χ0) is 13.2. The van der Waals surface area contributed by atoms with Crippen LogP contribution in [0.2, 0.25) is 5.02 Å². The highest BCUT2D eigenvalue weighted by Crippen LogP contribution is 2.31. The van der Waals surface area contributed by atoms with E-state index in [9.17, 15) is 8.42 Å². The van der Waals surface area contributed by atoms with Crippen molar-refractivity contribution < 1.29 is 13.5 Å². The van der Waals surface area contributed by atoms with Gasteiger partial charge in [0.25, 0.3) is 0 Å². The van der Waals surface area contributed by atoms with Gasteiger partial charge in [-0.15, -0.1) is 0 Å². The Kier molecular flexibility index (Phi) is 4.11. The normalized spacial score (nSPS) is 19.3. The lowest BCUT2D eigenvalue weighted by molar-refractivity contribution is 0.273. The summed E-state index contributed by atoms with van der Waals surface area (Å²) in [4.78, 5) is 0. The molecule has 5 nitrogen and oxygen atoms in total. The first-order valence-electron chi connectivity index (χ1n) is 5.70. The van der Waals surface area contributed by atoms with Crippen LogP contribution in [0.15, 0.2) is 24.3 Å². The van der Waals surface area contributed by atoms with Gasteiger partial charge in [0, 0.05) is 26.2 Å². The van der Waals surface area contributed by atoms with Gasteiger partial charge >= 0.3 is 10.2 Å². The Morgan fingerprint density at radius 2 is 2.00 bits per heavy atom. The van der Waals surface area contributed by atoms with Crippen LogP contribution in [0.25, 0.3) is 0 Å². The molecule has 100 valence electrons. The monoisotopic (exact) mass is 290 g/mol. The maximum atomic E-state index is 12.3. The van der Waals surface area contributed by atoms with Crippen molar-refractivity contribution in [2.24, 2.45) is 0 Å². The predicted octanol–water partition coefficient (Wildman–Crippen LogP) is 1.09. The number of anilines is 1. The Morgan fingerprint density at radius 1 is 1.28 bits per heavy atom. The number of aliphatic hydroxyl groups excluding tert-OH is 1. The minimum Gasteiger partial charge on any atom is -0.396 e. The summed E-state index contributed by atoms with van der Waals surface area (Å²) in [7, 11) is -3.50. The molecule has 2 rings (SSSR count). The quantitative estimate of drug-likeness (QED) is 0.903. The standard InChI is InChI=1S/C11H15ClN2O3S/c12-10-4-1-2-5-11(10)14-8-7-13(6-3-9-15)18(14,16)17/h1-2,4-5,15H,3,6-9H2. The van der Waals surface area contributed by atoms with Crippen molar-refractivity contribution >= 4 is 27.5 Å². The molecule has 0 bridgehead atoms. The van der Waals surface area contributed by atoms with Gasteiger partial charge in [-0.2, -0.15) is 12.7 Å². The Hall–Kier alpha value is -0.820. The first-order chi connectivity index (χ1) is 8.57. The van der Waals surface area contributed by atoms with Crippen molar-refractivity contribution in [1.29, 1.82) is 0 Å². The van der Waals surface area contributed by atoms with E-state index in [0.717, 1.165) is 0 Å². The first-order valence-corrected chi connectivity index (χ1v) is 7.48. The summed E-state index contributed by atoms with van der Waals surface area (Å²) in [6.07, 6.45) is 0.440. The molecular weight excluding hydrogens is 276 g/mol. The number of nitrogens with zero attached hydrogens (tertiary/aromatic N) is 2. The van der Waals surface area contributed by atoms with Crippen LogP contribution >= 0.6 is 11.6 Å². The SMILES string of the molecule is O=S1(=O)N(CCCO)CCN1c1ccccc1Cl. The van der Waals surface area contributed by atoms with Crippen molar-refractivity contribution in [2.75, 3.05) is 30.5 Å². The summed E-state index contributed by atoms with van der Waals surface area (Å²) in [6.45, 7) is 1.13. The van der Waals surface area contributed by atoms with Crippen LogP contribution in [0.5, 0.6) is 0 Å². The van der Waals surface area contributed by atoms with Crippen molar-refractivity contribution in [3.63, 3.8) is 0 Å². The average Bonchev–Trinajstić information content (AvgIpc) is 2.63. The molecule has 7 heteroatoms. The fourth-order valence-electron chi connectivity index (χ4n) is 1.95. The van der Waals surface area contributed by atoms with E-state index < -0.39 is 10.2 Å². The first kappa shape index (κ1) is 13.6. The van der Waals surface area contributed by atoms with Crippen molar-refractivity contribution in [3.8, 4) is 0 Å². The lowest BCUT2D eigenvalue weighted by atomic mass is 10.3. The summed E-state index contributed by atoms with van der Waals surface area (Å²) in [5.74, 6) is 0. The molecule has 0 amide bonds. The highest BCUT2D eigenvalue weighted by molar-refractivity contribution is 7.90. The van der Waals surface area contributed by atoms with Crippen LogP contribution in [0, 0.1) is 0 Å². The second-order valence-corrected chi connectivity index (χ2v) is 6.27. The third kappa shape index (κ3) is 2.47. The highest BCUT2D eigenvalue weighted by atomic mass is 35.5. The molecule has 0 unspecified atom stereocenters. The number of hydrogen-bond donors (Lipinski definition) is 1. The average molecular weight is 291 g/mol. The van der Waals surface area contributed by atoms with Crippen LogP contribution < -0.4 is 4.31 Å². The molecule has 1 aliphatic rings. The third-order valence-electron chi connectivity index (χ3n) is 2.84. The molecule has 1 fully saturated rings. The minimum atomic E-state index is -3.50.